The van der Waals surface area contributed by atoms with E-state index in [1.165, 1.54) is 17.1 Å². The third-order valence-electron chi connectivity index (χ3n) is 4.87. The maximum Gasteiger partial charge on any atom is 0.271 e. The average molecular weight is 559 g/mol. The van der Waals surface area contributed by atoms with Crippen molar-refractivity contribution < 1.29 is 27.9 Å². The number of thiazole rings is 1. The van der Waals surface area contributed by atoms with Crippen LogP contribution in [-0.4, -0.2) is 80.0 Å². The van der Waals surface area contributed by atoms with Crippen LogP contribution in [0, 0.1) is 5.92 Å². The SMILES string of the molecule is COCCSC(C(=O)NCC(C)C)C(O)C(Cc1ccccc1)NC(=O)c1csc(NS(C)(=O)=O)n1. The number of nitrogens with zero attached hydrogens (tertiary/aromatic N) is 1. The summed E-state index contributed by atoms with van der Waals surface area (Å²) in [6, 6.07) is 8.48. The molecule has 13 heteroatoms. The Morgan fingerprint density at radius 1 is 1.22 bits per heavy atom. The number of ether oxygens (including phenoxy) is 1. The molecule has 0 radical (unpaired) electrons. The first-order chi connectivity index (χ1) is 17.0. The Morgan fingerprint density at radius 2 is 1.92 bits per heavy atom. The van der Waals surface area contributed by atoms with Crippen molar-refractivity contribution >= 4 is 50.1 Å². The molecule has 2 amide bonds. The van der Waals surface area contributed by atoms with Gasteiger partial charge in [-0.3, -0.25) is 14.3 Å². The van der Waals surface area contributed by atoms with Gasteiger partial charge in [0.2, 0.25) is 15.9 Å². The predicted molar refractivity (Wildman–Crippen MR) is 144 cm³/mol. The highest BCUT2D eigenvalue weighted by Gasteiger charge is 2.35. The fourth-order valence-electron chi connectivity index (χ4n) is 3.16. The van der Waals surface area contributed by atoms with Gasteiger partial charge in [-0.1, -0.05) is 44.2 Å². The third-order valence-corrected chi connectivity index (χ3v) is 7.58. The van der Waals surface area contributed by atoms with Gasteiger partial charge in [-0.25, -0.2) is 13.4 Å². The number of thioether (sulfide) groups is 1. The van der Waals surface area contributed by atoms with E-state index in [0.717, 1.165) is 23.2 Å². The van der Waals surface area contributed by atoms with Gasteiger partial charge in [-0.15, -0.1) is 23.1 Å². The van der Waals surface area contributed by atoms with Crippen molar-refractivity contribution in [1.29, 1.82) is 0 Å². The van der Waals surface area contributed by atoms with E-state index in [0.29, 0.717) is 18.9 Å². The summed E-state index contributed by atoms with van der Waals surface area (Å²) in [5, 5.41) is 17.7. The van der Waals surface area contributed by atoms with Crippen LogP contribution in [0.4, 0.5) is 5.13 Å². The van der Waals surface area contributed by atoms with Gasteiger partial charge < -0.3 is 20.5 Å². The molecule has 4 N–H and O–H groups in total. The van der Waals surface area contributed by atoms with Crippen molar-refractivity contribution in [3.8, 4) is 0 Å². The zero-order valence-electron chi connectivity index (χ0n) is 20.8. The van der Waals surface area contributed by atoms with Crippen LogP contribution < -0.4 is 15.4 Å². The molecular formula is C23H34N4O6S3. The lowest BCUT2D eigenvalue weighted by Crippen LogP contribution is -2.53. The van der Waals surface area contributed by atoms with Gasteiger partial charge in [-0.2, -0.15) is 0 Å². The molecule has 3 atom stereocenters. The lowest BCUT2D eigenvalue weighted by Gasteiger charge is -2.30. The predicted octanol–water partition coefficient (Wildman–Crippen LogP) is 1.74. The molecule has 200 valence electrons. The van der Waals surface area contributed by atoms with Crippen LogP contribution >= 0.6 is 23.1 Å². The van der Waals surface area contributed by atoms with E-state index < -0.39 is 33.3 Å². The smallest absolute Gasteiger partial charge is 0.271 e. The maximum atomic E-state index is 13.0. The second-order valence-electron chi connectivity index (χ2n) is 8.60. The number of nitrogens with one attached hydrogen (secondary N) is 3. The minimum atomic E-state index is -3.54. The first-order valence-electron chi connectivity index (χ1n) is 11.3. The van der Waals surface area contributed by atoms with Gasteiger partial charge in [0, 0.05) is 24.8 Å². The Labute approximate surface area is 220 Å². The molecule has 1 aromatic heterocycles. The Hall–Kier alpha value is -2.19. The Morgan fingerprint density at radius 3 is 2.53 bits per heavy atom. The number of aliphatic hydroxyl groups excluding tert-OH is 1. The summed E-state index contributed by atoms with van der Waals surface area (Å²) < 4.78 is 30.3. The molecule has 1 aromatic carbocycles. The standard InChI is InChI=1S/C23H34N4O6S3/c1-15(2)13-24-22(30)20(34-11-10-33-3)19(28)17(12-16-8-6-5-7-9-16)25-21(29)18-14-35-23(26-18)27-36(4,31)32/h5-9,14-15,17,19-20,28H,10-13H2,1-4H3,(H,24,30)(H,25,29)(H,26,27). The number of amides is 2. The molecule has 3 unspecified atom stereocenters. The normalized spacial score (nSPS) is 14.2. The largest absolute Gasteiger partial charge is 0.389 e. The highest BCUT2D eigenvalue weighted by molar-refractivity contribution is 8.00. The number of carbonyl (C=O) groups is 2. The molecule has 0 bridgehead atoms. The van der Waals surface area contributed by atoms with Gasteiger partial charge in [0.1, 0.15) is 10.9 Å². The fourth-order valence-corrected chi connectivity index (χ4v) is 5.84. The molecular weight excluding hydrogens is 524 g/mol. The Bertz CT molecular complexity index is 1080. The number of sulfonamides is 1. The van der Waals surface area contributed by atoms with E-state index in [4.69, 9.17) is 4.74 Å². The number of aliphatic hydroxyl groups is 1. The zero-order valence-corrected chi connectivity index (χ0v) is 23.2. The summed E-state index contributed by atoms with van der Waals surface area (Å²) in [5.74, 6) is -0.199. The number of carbonyl (C=O) groups excluding carboxylic acids is 2. The van der Waals surface area contributed by atoms with E-state index in [1.807, 2.05) is 44.2 Å². The van der Waals surface area contributed by atoms with E-state index in [2.05, 4.69) is 20.3 Å². The lowest BCUT2D eigenvalue weighted by atomic mass is 9.98. The molecule has 2 rings (SSSR count). The highest BCUT2D eigenvalue weighted by Crippen LogP contribution is 2.22. The van der Waals surface area contributed by atoms with Crippen molar-refractivity contribution in [1.82, 2.24) is 15.6 Å². The number of benzene rings is 1. The summed E-state index contributed by atoms with van der Waals surface area (Å²) in [6.07, 6.45) is 0.0347. The molecule has 1 heterocycles. The van der Waals surface area contributed by atoms with Crippen LogP contribution in [0.5, 0.6) is 0 Å². The molecule has 0 saturated heterocycles. The Kier molecular flexibility index (Phi) is 12.1. The molecule has 0 fully saturated rings. The second kappa shape index (κ2) is 14.5. The molecule has 10 nitrogen and oxygen atoms in total. The van der Waals surface area contributed by atoms with E-state index in [1.54, 1.807) is 7.11 Å². The van der Waals surface area contributed by atoms with Crippen LogP contribution in [0.3, 0.4) is 0 Å². The van der Waals surface area contributed by atoms with Crippen molar-refractivity contribution in [2.45, 2.75) is 37.7 Å². The second-order valence-corrected chi connectivity index (χ2v) is 12.5. The average Bonchev–Trinajstić information content (AvgIpc) is 3.27. The van der Waals surface area contributed by atoms with Crippen molar-refractivity contribution in [2.24, 2.45) is 5.92 Å². The van der Waals surface area contributed by atoms with E-state index in [9.17, 15) is 23.1 Å². The first kappa shape index (κ1) is 30.0. The minimum Gasteiger partial charge on any atom is -0.389 e. The molecule has 0 aliphatic heterocycles. The fraction of sp³-hybridized carbons (Fsp3) is 0.522. The van der Waals surface area contributed by atoms with Gasteiger partial charge in [-0.05, 0) is 17.9 Å². The summed E-state index contributed by atoms with van der Waals surface area (Å²) in [5.41, 5.74) is 0.868. The van der Waals surface area contributed by atoms with E-state index >= 15 is 0 Å². The Balaban J connectivity index is 2.27. The molecule has 0 spiro atoms. The summed E-state index contributed by atoms with van der Waals surface area (Å²) in [6.45, 7) is 4.81. The van der Waals surface area contributed by atoms with Crippen LogP contribution in [0.2, 0.25) is 0 Å². The quantitative estimate of drug-likeness (QED) is 0.242. The van der Waals surface area contributed by atoms with Crippen LogP contribution in [-0.2, 0) is 26.0 Å². The van der Waals surface area contributed by atoms with Crippen molar-refractivity contribution in [3.63, 3.8) is 0 Å². The van der Waals surface area contributed by atoms with Crippen LogP contribution in [0.15, 0.2) is 35.7 Å². The topological polar surface area (TPSA) is 147 Å². The number of rotatable bonds is 15. The van der Waals surface area contributed by atoms with Gasteiger partial charge in [0.25, 0.3) is 5.91 Å². The summed E-state index contributed by atoms with van der Waals surface area (Å²) in [7, 11) is -1.98. The third kappa shape index (κ3) is 10.4. The maximum absolute atomic E-state index is 13.0. The van der Waals surface area contributed by atoms with Gasteiger partial charge in [0.15, 0.2) is 5.13 Å². The molecule has 0 aliphatic carbocycles. The first-order valence-corrected chi connectivity index (χ1v) is 15.2. The summed E-state index contributed by atoms with van der Waals surface area (Å²) >= 11 is 2.23. The number of anilines is 1. The van der Waals surface area contributed by atoms with E-state index in [-0.39, 0.29) is 29.1 Å². The lowest BCUT2D eigenvalue weighted by molar-refractivity contribution is -0.122. The molecule has 36 heavy (non-hydrogen) atoms. The number of methoxy groups -OCH3 is 1. The zero-order chi connectivity index (χ0) is 26.7. The highest BCUT2D eigenvalue weighted by atomic mass is 32.2. The molecule has 0 aliphatic rings. The van der Waals surface area contributed by atoms with Crippen LogP contribution in [0.1, 0.15) is 29.9 Å². The number of aromatic nitrogens is 1. The van der Waals surface area contributed by atoms with Gasteiger partial charge in [0.05, 0.1) is 25.0 Å². The summed E-state index contributed by atoms with van der Waals surface area (Å²) in [4.78, 5) is 30.1. The molecule has 2 aromatic rings. The minimum absolute atomic E-state index is 0.00394. The monoisotopic (exact) mass is 558 g/mol. The van der Waals surface area contributed by atoms with Crippen LogP contribution in [0.25, 0.3) is 0 Å². The number of hydrogen-bond acceptors (Lipinski definition) is 9. The molecule has 0 saturated carbocycles. The van der Waals surface area contributed by atoms with Gasteiger partial charge >= 0.3 is 0 Å². The number of hydrogen-bond donors (Lipinski definition) is 4. The van der Waals surface area contributed by atoms with Crippen molar-refractivity contribution in [2.75, 3.05) is 37.0 Å². The van der Waals surface area contributed by atoms with Crippen molar-refractivity contribution in [3.05, 3.63) is 47.0 Å².